The van der Waals surface area contributed by atoms with Crippen molar-refractivity contribution >= 4 is 16.8 Å². The molecule has 1 atom stereocenters. The first-order valence-corrected chi connectivity index (χ1v) is 8.60. The van der Waals surface area contributed by atoms with E-state index in [0.717, 1.165) is 18.4 Å². The first kappa shape index (κ1) is 16.4. The van der Waals surface area contributed by atoms with Crippen molar-refractivity contribution in [3.63, 3.8) is 0 Å². The lowest BCUT2D eigenvalue weighted by molar-refractivity contribution is -0.124. The predicted octanol–water partition coefficient (Wildman–Crippen LogP) is 3.92. The normalized spacial score (nSPS) is 12.6. The second kappa shape index (κ2) is 7.39. The number of fused-ring (bicyclic) bond motifs is 1. The molecule has 0 saturated carbocycles. The summed E-state index contributed by atoms with van der Waals surface area (Å²) in [6.07, 6.45) is 7.64. The summed E-state index contributed by atoms with van der Waals surface area (Å²) in [6.45, 7) is 4.95. The summed E-state index contributed by atoms with van der Waals surface area (Å²) < 4.78 is 2.00. The van der Waals surface area contributed by atoms with Crippen molar-refractivity contribution in [3.8, 4) is 0 Å². The molecule has 0 spiro atoms. The fourth-order valence-corrected chi connectivity index (χ4v) is 3.14. The van der Waals surface area contributed by atoms with Gasteiger partial charge < -0.3 is 14.9 Å². The van der Waals surface area contributed by atoms with E-state index in [0.29, 0.717) is 12.5 Å². The number of H-pyrrole nitrogens is 1. The zero-order valence-electron chi connectivity index (χ0n) is 14.3. The molecule has 0 aliphatic heterocycles. The number of hydrogen-bond donors (Lipinski definition) is 2. The Morgan fingerprint density at radius 1 is 1.17 bits per heavy atom. The molecule has 1 aromatic carbocycles. The molecule has 0 fully saturated rings. The standard InChI is InChI=1S/C20H25N3O/c1-15(2)13-19(23-11-5-6-12-23)20(24)21-10-9-16-14-22-18-8-4-3-7-17(16)18/h3-8,11-12,14-15,19,22H,9-10,13H2,1-2H3,(H,21,24)/t19-/m1/s1. The molecule has 2 aromatic heterocycles. The summed E-state index contributed by atoms with van der Waals surface area (Å²) in [7, 11) is 0. The predicted molar refractivity (Wildman–Crippen MR) is 97.9 cm³/mol. The quantitative estimate of drug-likeness (QED) is 0.680. The van der Waals surface area contributed by atoms with Crippen LogP contribution in [0.15, 0.2) is 55.0 Å². The van der Waals surface area contributed by atoms with E-state index in [9.17, 15) is 4.79 Å². The maximum absolute atomic E-state index is 12.6. The second-order valence-corrected chi connectivity index (χ2v) is 6.68. The molecule has 1 amide bonds. The molecule has 0 aliphatic carbocycles. The molecule has 3 aromatic rings. The molecule has 3 rings (SSSR count). The van der Waals surface area contributed by atoms with Gasteiger partial charge in [0.25, 0.3) is 0 Å². The van der Waals surface area contributed by atoms with Crippen molar-refractivity contribution in [2.45, 2.75) is 32.7 Å². The van der Waals surface area contributed by atoms with Crippen LogP contribution in [0.2, 0.25) is 0 Å². The van der Waals surface area contributed by atoms with Crippen LogP contribution in [0.1, 0.15) is 31.9 Å². The van der Waals surface area contributed by atoms with Gasteiger partial charge in [0.05, 0.1) is 0 Å². The number of carbonyl (C=O) groups is 1. The van der Waals surface area contributed by atoms with Crippen LogP contribution >= 0.6 is 0 Å². The molecule has 0 radical (unpaired) electrons. The SMILES string of the molecule is CC(C)C[C@H](C(=O)NCCc1c[nH]c2ccccc12)n1cccc1. The van der Waals surface area contributed by atoms with Crippen LogP contribution in [0.5, 0.6) is 0 Å². The largest absolute Gasteiger partial charge is 0.361 e. The van der Waals surface area contributed by atoms with E-state index in [2.05, 4.69) is 36.3 Å². The zero-order chi connectivity index (χ0) is 16.9. The maximum Gasteiger partial charge on any atom is 0.243 e. The number of nitrogens with one attached hydrogen (secondary N) is 2. The van der Waals surface area contributed by atoms with Gasteiger partial charge in [-0.1, -0.05) is 32.0 Å². The number of nitrogens with zero attached hydrogens (tertiary/aromatic N) is 1. The summed E-state index contributed by atoms with van der Waals surface area (Å²) in [5.74, 6) is 0.566. The highest BCUT2D eigenvalue weighted by atomic mass is 16.2. The zero-order valence-corrected chi connectivity index (χ0v) is 14.3. The summed E-state index contributed by atoms with van der Waals surface area (Å²) in [6, 6.07) is 12.1. The topological polar surface area (TPSA) is 49.8 Å². The third-order valence-electron chi connectivity index (χ3n) is 4.35. The van der Waals surface area contributed by atoms with Crippen molar-refractivity contribution in [1.82, 2.24) is 14.9 Å². The van der Waals surface area contributed by atoms with E-state index in [1.54, 1.807) is 0 Å². The van der Waals surface area contributed by atoms with Crippen molar-refractivity contribution in [2.24, 2.45) is 5.92 Å². The number of amides is 1. The number of rotatable bonds is 7. The lowest BCUT2D eigenvalue weighted by atomic mass is 10.0. The summed E-state index contributed by atoms with van der Waals surface area (Å²) in [5, 5.41) is 4.34. The monoisotopic (exact) mass is 323 g/mol. The van der Waals surface area contributed by atoms with Gasteiger partial charge in [-0.2, -0.15) is 0 Å². The van der Waals surface area contributed by atoms with Gasteiger partial charge in [-0.15, -0.1) is 0 Å². The van der Waals surface area contributed by atoms with Gasteiger partial charge in [-0.3, -0.25) is 4.79 Å². The molecule has 2 N–H and O–H groups in total. The Morgan fingerprint density at radius 3 is 2.67 bits per heavy atom. The minimum absolute atomic E-state index is 0.0970. The molecule has 0 saturated heterocycles. The Balaban J connectivity index is 1.61. The van der Waals surface area contributed by atoms with Gasteiger partial charge in [0, 0.05) is 36.0 Å². The number of para-hydroxylation sites is 1. The van der Waals surface area contributed by atoms with Crippen molar-refractivity contribution in [3.05, 3.63) is 60.6 Å². The van der Waals surface area contributed by atoms with Crippen molar-refractivity contribution < 1.29 is 4.79 Å². The van der Waals surface area contributed by atoms with E-state index < -0.39 is 0 Å². The van der Waals surface area contributed by atoms with Gasteiger partial charge >= 0.3 is 0 Å². The molecular formula is C20H25N3O. The average Bonchev–Trinajstić information content (AvgIpc) is 3.22. The molecule has 4 nitrogen and oxygen atoms in total. The summed E-state index contributed by atoms with van der Waals surface area (Å²) >= 11 is 0. The summed E-state index contributed by atoms with van der Waals surface area (Å²) in [5.41, 5.74) is 2.39. The van der Waals surface area contributed by atoms with Gasteiger partial charge in [-0.25, -0.2) is 0 Å². The van der Waals surface area contributed by atoms with Crippen LogP contribution in [0.25, 0.3) is 10.9 Å². The van der Waals surface area contributed by atoms with Gasteiger partial charge in [-0.05, 0) is 42.5 Å². The van der Waals surface area contributed by atoms with Gasteiger partial charge in [0.15, 0.2) is 0 Å². The third-order valence-corrected chi connectivity index (χ3v) is 4.35. The van der Waals surface area contributed by atoms with Crippen molar-refractivity contribution in [1.29, 1.82) is 0 Å². The molecule has 0 unspecified atom stereocenters. The lowest BCUT2D eigenvalue weighted by Gasteiger charge is -2.20. The van der Waals surface area contributed by atoms with E-state index in [4.69, 9.17) is 0 Å². The number of hydrogen-bond acceptors (Lipinski definition) is 1. The van der Waals surface area contributed by atoms with Crippen LogP contribution in [0.3, 0.4) is 0 Å². The highest BCUT2D eigenvalue weighted by molar-refractivity contribution is 5.83. The van der Waals surface area contributed by atoms with E-state index in [1.807, 2.05) is 47.4 Å². The van der Waals surface area contributed by atoms with Crippen LogP contribution in [0, 0.1) is 5.92 Å². The highest BCUT2D eigenvalue weighted by Crippen LogP contribution is 2.19. The van der Waals surface area contributed by atoms with E-state index in [1.165, 1.54) is 10.9 Å². The molecule has 2 heterocycles. The Morgan fingerprint density at radius 2 is 1.92 bits per heavy atom. The molecule has 0 aliphatic rings. The van der Waals surface area contributed by atoms with Crippen LogP contribution < -0.4 is 5.32 Å². The Hall–Kier alpha value is -2.49. The average molecular weight is 323 g/mol. The van der Waals surface area contributed by atoms with Gasteiger partial charge in [0.1, 0.15) is 6.04 Å². The fraction of sp³-hybridized carbons (Fsp3) is 0.350. The van der Waals surface area contributed by atoms with Crippen LogP contribution in [0.4, 0.5) is 0 Å². The maximum atomic E-state index is 12.6. The van der Waals surface area contributed by atoms with Crippen LogP contribution in [-0.2, 0) is 11.2 Å². The number of aromatic amines is 1. The first-order valence-electron chi connectivity index (χ1n) is 8.60. The third kappa shape index (κ3) is 3.70. The number of aromatic nitrogens is 2. The minimum atomic E-state index is -0.136. The molecular weight excluding hydrogens is 298 g/mol. The second-order valence-electron chi connectivity index (χ2n) is 6.68. The number of benzene rings is 1. The molecule has 4 heteroatoms. The highest BCUT2D eigenvalue weighted by Gasteiger charge is 2.20. The van der Waals surface area contributed by atoms with Crippen LogP contribution in [-0.4, -0.2) is 22.0 Å². The minimum Gasteiger partial charge on any atom is -0.361 e. The first-order chi connectivity index (χ1) is 11.6. The molecule has 126 valence electrons. The Kier molecular flexibility index (Phi) is 5.04. The Labute approximate surface area is 142 Å². The molecule has 0 bridgehead atoms. The lowest BCUT2D eigenvalue weighted by Crippen LogP contribution is -2.34. The number of carbonyl (C=O) groups excluding carboxylic acids is 1. The smallest absolute Gasteiger partial charge is 0.243 e. The van der Waals surface area contributed by atoms with E-state index >= 15 is 0 Å². The molecule has 24 heavy (non-hydrogen) atoms. The fourth-order valence-electron chi connectivity index (χ4n) is 3.14. The van der Waals surface area contributed by atoms with Crippen molar-refractivity contribution in [2.75, 3.05) is 6.54 Å². The summed E-state index contributed by atoms with van der Waals surface area (Å²) in [4.78, 5) is 15.9. The van der Waals surface area contributed by atoms with E-state index in [-0.39, 0.29) is 11.9 Å². The Bertz CT molecular complexity index is 786. The van der Waals surface area contributed by atoms with Gasteiger partial charge in [0.2, 0.25) is 5.91 Å².